The molecule has 0 aliphatic rings. The maximum absolute atomic E-state index is 11.3. The van der Waals surface area contributed by atoms with Gasteiger partial charge in [-0.15, -0.1) is 0 Å². The zero-order valence-electron chi connectivity index (χ0n) is 11.2. The number of carbonyl (C=O) groups excluding carboxylic acids is 2. The van der Waals surface area contributed by atoms with E-state index in [4.69, 9.17) is 4.74 Å². The third-order valence-electron chi connectivity index (χ3n) is 2.16. The summed E-state index contributed by atoms with van der Waals surface area (Å²) in [4.78, 5) is 22.1. The first-order valence-electron chi connectivity index (χ1n) is 5.54. The van der Waals surface area contributed by atoms with Crippen molar-refractivity contribution in [2.45, 2.75) is 19.1 Å². The lowest BCUT2D eigenvalue weighted by molar-refractivity contribution is -0.138. The molecule has 5 heteroatoms. The Labute approximate surface area is 109 Å². The lowest BCUT2D eigenvalue weighted by Gasteiger charge is -2.21. The molecule has 0 aromatic rings. The molecule has 0 spiro atoms. The molecule has 0 rings (SSSR count). The van der Waals surface area contributed by atoms with Gasteiger partial charge in [-0.25, -0.2) is 9.59 Å². The Morgan fingerprint density at radius 2 is 1.78 bits per heavy atom. The summed E-state index contributed by atoms with van der Waals surface area (Å²) in [7, 11) is -0.434. The zero-order valence-corrected chi connectivity index (χ0v) is 12.2. The van der Waals surface area contributed by atoms with E-state index in [1.54, 1.807) is 6.08 Å². The van der Waals surface area contributed by atoms with E-state index in [9.17, 15) is 9.59 Å². The van der Waals surface area contributed by atoms with Crippen molar-refractivity contribution < 1.29 is 19.1 Å². The first-order valence-corrected chi connectivity index (χ1v) is 8.95. The van der Waals surface area contributed by atoms with Crippen LogP contribution in [0.15, 0.2) is 37.0 Å². The van der Waals surface area contributed by atoms with Crippen LogP contribution in [0.1, 0.15) is 0 Å². The average Bonchev–Trinajstić information content (AvgIpc) is 2.32. The van der Waals surface area contributed by atoms with Crippen molar-refractivity contribution in [2.24, 2.45) is 0 Å². The molecule has 4 nitrogen and oxygen atoms in total. The lowest BCUT2D eigenvalue weighted by Crippen LogP contribution is -2.33. The van der Waals surface area contributed by atoms with Crippen molar-refractivity contribution >= 4 is 20.0 Å². The van der Waals surface area contributed by atoms with Crippen molar-refractivity contribution in [3.63, 3.8) is 0 Å². The molecule has 0 aliphatic heterocycles. The molecule has 0 aliphatic carbocycles. The van der Waals surface area contributed by atoms with Gasteiger partial charge in [0.1, 0.15) is 0 Å². The standard InChI is InChI=1S/C13H20O4Si/c1-6-11(2)9-18(4,5)10-17-13(15)8-7-12(14)16-3/h6-8H,1-2,9-10H2,3-5H3/b8-7+. The van der Waals surface area contributed by atoms with Gasteiger partial charge in [0, 0.05) is 12.2 Å². The summed E-state index contributed by atoms with van der Waals surface area (Å²) < 4.78 is 9.47. The Kier molecular flexibility index (Phi) is 6.96. The van der Waals surface area contributed by atoms with Crippen LogP contribution in [0, 0.1) is 0 Å². The Hall–Kier alpha value is -1.62. The topological polar surface area (TPSA) is 52.6 Å². The van der Waals surface area contributed by atoms with Gasteiger partial charge in [-0.3, -0.25) is 0 Å². The van der Waals surface area contributed by atoms with E-state index in [0.29, 0.717) is 6.23 Å². The third kappa shape index (κ3) is 7.62. The molecule has 100 valence electrons. The molecule has 0 fully saturated rings. The molecule has 0 atom stereocenters. The van der Waals surface area contributed by atoms with Crippen LogP contribution >= 0.6 is 0 Å². The van der Waals surface area contributed by atoms with E-state index in [2.05, 4.69) is 31.0 Å². The molecule has 0 aromatic heterocycles. The average molecular weight is 268 g/mol. The molecule has 0 N–H and O–H groups in total. The first kappa shape index (κ1) is 16.4. The normalized spacial score (nSPS) is 11.1. The Balaban J connectivity index is 4.19. The highest BCUT2D eigenvalue weighted by Crippen LogP contribution is 2.16. The smallest absolute Gasteiger partial charge is 0.330 e. The number of allylic oxidation sites excluding steroid dienone is 2. The number of methoxy groups -OCH3 is 1. The predicted octanol–water partition coefficient (Wildman–Crippen LogP) is 2.25. The van der Waals surface area contributed by atoms with Crippen LogP contribution in [-0.2, 0) is 19.1 Å². The van der Waals surface area contributed by atoms with E-state index in [1.807, 2.05) is 0 Å². The SMILES string of the molecule is C=CC(=C)C[Si](C)(C)COC(=O)/C=C/C(=O)OC. The van der Waals surface area contributed by atoms with Gasteiger partial charge in [-0.05, 0) is 6.04 Å². The second-order valence-corrected chi connectivity index (χ2v) is 9.64. The minimum Gasteiger partial charge on any atom is -0.466 e. The number of esters is 2. The van der Waals surface area contributed by atoms with Crippen LogP contribution in [0.4, 0.5) is 0 Å². The highest BCUT2D eigenvalue weighted by molar-refractivity contribution is 6.78. The summed E-state index contributed by atoms with van der Waals surface area (Å²) in [5.41, 5.74) is 0.952. The number of hydrogen-bond acceptors (Lipinski definition) is 4. The number of rotatable bonds is 7. The molecule has 0 bridgehead atoms. The highest BCUT2D eigenvalue weighted by Gasteiger charge is 2.23. The second kappa shape index (κ2) is 7.65. The molecule has 0 saturated heterocycles. The van der Waals surface area contributed by atoms with Crippen LogP contribution in [0.25, 0.3) is 0 Å². The fourth-order valence-electron chi connectivity index (χ4n) is 1.26. The van der Waals surface area contributed by atoms with Crippen LogP contribution in [0.2, 0.25) is 19.1 Å². The second-order valence-electron chi connectivity index (χ2n) is 4.67. The maximum Gasteiger partial charge on any atom is 0.330 e. The van der Waals surface area contributed by atoms with E-state index in [0.717, 1.165) is 23.8 Å². The van der Waals surface area contributed by atoms with Gasteiger partial charge in [0.2, 0.25) is 0 Å². The van der Waals surface area contributed by atoms with Crippen molar-refractivity contribution in [1.82, 2.24) is 0 Å². The van der Waals surface area contributed by atoms with Gasteiger partial charge >= 0.3 is 11.9 Å². The predicted molar refractivity (Wildman–Crippen MR) is 73.7 cm³/mol. The maximum atomic E-state index is 11.3. The number of ether oxygens (including phenoxy) is 2. The van der Waals surface area contributed by atoms with Crippen LogP contribution in [-0.4, -0.2) is 33.4 Å². The fraction of sp³-hybridized carbons (Fsp3) is 0.385. The van der Waals surface area contributed by atoms with Gasteiger partial charge < -0.3 is 9.47 Å². The molecule has 0 saturated carbocycles. The molecule has 0 amide bonds. The lowest BCUT2D eigenvalue weighted by atomic mass is 10.4. The van der Waals surface area contributed by atoms with Crippen LogP contribution < -0.4 is 0 Å². The van der Waals surface area contributed by atoms with Gasteiger partial charge in [-0.1, -0.05) is 37.9 Å². The minimum atomic E-state index is -1.68. The molecule has 0 unspecified atom stereocenters. The summed E-state index contributed by atoms with van der Waals surface area (Å²) >= 11 is 0. The van der Waals surface area contributed by atoms with Crippen molar-refractivity contribution in [3.05, 3.63) is 37.0 Å². The molecule has 18 heavy (non-hydrogen) atoms. The van der Waals surface area contributed by atoms with Gasteiger partial charge in [0.15, 0.2) is 0 Å². The quantitative estimate of drug-likeness (QED) is 0.307. The van der Waals surface area contributed by atoms with Crippen LogP contribution in [0.3, 0.4) is 0 Å². The van der Waals surface area contributed by atoms with Crippen LogP contribution in [0.5, 0.6) is 0 Å². The van der Waals surface area contributed by atoms with Crippen molar-refractivity contribution in [3.8, 4) is 0 Å². The van der Waals surface area contributed by atoms with Gasteiger partial charge in [0.25, 0.3) is 0 Å². The number of carbonyl (C=O) groups is 2. The summed E-state index contributed by atoms with van der Waals surface area (Å²) in [6.45, 7) is 11.7. The van der Waals surface area contributed by atoms with Crippen molar-refractivity contribution in [2.75, 3.05) is 13.3 Å². The van der Waals surface area contributed by atoms with Gasteiger partial charge in [0.05, 0.1) is 21.4 Å². The molecule has 0 heterocycles. The third-order valence-corrected chi connectivity index (χ3v) is 4.49. The largest absolute Gasteiger partial charge is 0.466 e. The summed E-state index contributed by atoms with van der Waals surface area (Å²) in [5, 5.41) is 0. The minimum absolute atomic E-state index is 0.379. The fourth-order valence-corrected chi connectivity index (χ4v) is 3.27. The van der Waals surface area contributed by atoms with Gasteiger partial charge in [-0.2, -0.15) is 0 Å². The van der Waals surface area contributed by atoms with E-state index in [1.165, 1.54) is 7.11 Å². The molecular weight excluding hydrogens is 248 g/mol. The Morgan fingerprint density at radius 1 is 1.22 bits per heavy atom. The number of hydrogen-bond donors (Lipinski definition) is 0. The first-order chi connectivity index (χ1) is 8.30. The Bertz CT molecular complexity index is 369. The molecular formula is C13H20O4Si. The van der Waals surface area contributed by atoms with E-state index >= 15 is 0 Å². The van der Waals surface area contributed by atoms with E-state index < -0.39 is 20.0 Å². The highest BCUT2D eigenvalue weighted by atomic mass is 28.3. The van der Waals surface area contributed by atoms with E-state index in [-0.39, 0.29) is 0 Å². The summed E-state index contributed by atoms with van der Waals surface area (Å²) in [6, 6.07) is 0.824. The molecule has 0 radical (unpaired) electrons. The summed E-state index contributed by atoms with van der Waals surface area (Å²) in [5.74, 6) is -1.12. The monoisotopic (exact) mass is 268 g/mol. The zero-order chi connectivity index (χ0) is 14.2. The summed E-state index contributed by atoms with van der Waals surface area (Å²) in [6.07, 6.45) is 4.20. The Morgan fingerprint density at radius 3 is 2.28 bits per heavy atom. The van der Waals surface area contributed by atoms with Crippen molar-refractivity contribution in [1.29, 1.82) is 0 Å². The molecule has 0 aromatic carbocycles.